The molecule has 2 rings (SSSR count). The molecule has 0 aliphatic carbocycles. The number of carbonyl (C=O) groups is 2. The molecule has 0 aliphatic rings. The molecule has 0 atom stereocenters. The number of unbranched alkanes of at least 4 members (excludes halogenated alkanes) is 1. The van der Waals surface area contributed by atoms with Crippen LogP contribution in [0.5, 0.6) is 0 Å². The smallest absolute Gasteiger partial charge is 0.412 e. The van der Waals surface area contributed by atoms with Gasteiger partial charge in [-0.3, -0.25) is 14.8 Å². The highest BCUT2D eigenvalue weighted by molar-refractivity contribution is 5.82. The second-order valence-electron chi connectivity index (χ2n) is 4.51. The van der Waals surface area contributed by atoms with Crippen LogP contribution in [0.15, 0.2) is 18.3 Å². The number of nitrogens with one attached hydrogen (secondary N) is 1. The standard InChI is InChI=1S/C13H16N6O3/c1-22-13(21)14-12-6-5-10(15-17-12)4-2-3-7-19-8-11(9-20)16-18-19/h5-6,8-9H,2-4,7H2,1H3,(H,14,17,21). The lowest BCUT2D eigenvalue weighted by atomic mass is 10.2. The third kappa shape index (κ3) is 4.62. The van der Waals surface area contributed by atoms with E-state index in [4.69, 9.17) is 0 Å². The summed E-state index contributed by atoms with van der Waals surface area (Å²) in [6.45, 7) is 0.691. The van der Waals surface area contributed by atoms with Crippen molar-refractivity contribution in [3.05, 3.63) is 29.7 Å². The Morgan fingerprint density at radius 2 is 2.18 bits per heavy atom. The lowest BCUT2D eigenvalue weighted by Gasteiger charge is -2.03. The minimum Gasteiger partial charge on any atom is -0.453 e. The van der Waals surface area contributed by atoms with E-state index in [1.165, 1.54) is 7.11 Å². The van der Waals surface area contributed by atoms with E-state index < -0.39 is 6.09 Å². The third-order valence-corrected chi connectivity index (χ3v) is 2.88. The van der Waals surface area contributed by atoms with Gasteiger partial charge in [-0.25, -0.2) is 4.79 Å². The van der Waals surface area contributed by atoms with Crippen LogP contribution in [0.4, 0.5) is 10.6 Å². The van der Waals surface area contributed by atoms with Crippen LogP contribution in [-0.2, 0) is 17.7 Å². The van der Waals surface area contributed by atoms with Crippen LogP contribution in [-0.4, -0.2) is 44.7 Å². The molecule has 2 aromatic rings. The fraction of sp³-hybridized carbons (Fsp3) is 0.385. The molecule has 2 heterocycles. The predicted molar refractivity (Wildman–Crippen MR) is 76.4 cm³/mol. The number of methoxy groups -OCH3 is 1. The number of carbonyl (C=O) groups excluding carboxylic acids is 2. The monoisotopic (exact) mass is 304 g/mol. The first kappa shape index (κ1) is 15.5. The van der Waals surface area contributed by atoms with Gasteiger partial charge in [0.15, 0.2) is 12.1 Å². The van der Waals surface area contributed by atoms with E-state index in [1.807, 2.05) is 0 Å². The van der Waals surface area contributed by atoms with Gasteiger partial charge in [0.05, 0.1) is 19.0 Å². The number of aryl methyl sites for hydroxylation is 2. The summed E-state index contributed by atoms with van der Waals surface area (Å²) in [6, 6.07) is 3.48. The first-order valence-corrected chi connectivity index (χ1v) is 6.74. The number of ether oxygens (including phenoxy) is 1. The van der Waals surface area contributed by atoms with Gasteiger partial charge in [-0.05, 0) is 31.4 Å². The Bertz CT molecular complexity index is 625. The molecule has 22 heavy (non-hydrogen) atoms. The molecule has 0 fully saturated rings. The average Bonchev–Trinajstić information content (AvgIpc) is 3.01. The Kier molecular flexibility index (Phi) is 5.52. The molecule has 9 heteroatoms. The van der Waals surface area contributed by atoms with E-state index >= 15 is 0 Å². The number of aldehydes is 1. The maximum absolute atomic E-state index is 11.0. The molecule has 0 unspecified atom stereocenters. The van der Waals surface area contributed by atoms with Crippen molar-refractivity contribution in [3.8, 4) is 0 Å². The van der Waals surface area contributed by atoms with Crippen molar-refractivity contribution in [1.29, 1.82) is 0 Å². The zero-order valence-corrected chi connectivity index (χ0v) is 12.1. The summed E-state index contributed by atoms with van der Waals surface area (Å²) in [5, 5.41) is 17.9. The van der Waals surface area contributed by atoms with E-state index in [9.17, 15) is 9.59 Å². The highest BCUT2D eigenvalue weighted by Gasteiger charge is 2.03. The molecule has 0 saturated carbocycles. The van der Waals surface area contributed by atoms with Gasteiger partial charge in [-0.15, -0.1) is 10.2 Å². The van der Waals surface area contributed by atoms with Gasteiger partial charge in [0, 0.05) is 6.54 Å². The molecule has 0 spiro atoms. The van der Waals surface area contributed by atoms with Crippen LogP contribution in [0, 0.1) is 0 Å². The molecule has 0 saturated heterocycles. The maximum Gasteiger partial charge on any atom is 0.412 e. The number of rotatable bonds is 7. The van der Waals surface area contributed by atoms with Crippen LogP contribution in [0.1, 0.15) is 29.0 Å². The van der Waals surface area contributed by atoms with Crippen LogP contribution < -0.4 is 5.32 Å². The molecule has 0 radical (unpaired) electrons. The fourth-order valence-corrected chi connectivity index (χ4v) is 1.77. The van der Waals surface area contributed by atoms with Crippen molar-refractivity contribution in [2.75, 3.05) is 12.4 Å². The van der Waals surface area contributed by atoms with E-state index in [0.717, 1.165) is 25.0 Å². The first-order chi connectivity index (χ1) is 10.7. The molecule has 2 aromatic heterocycles. The molecular formula is C13H16N6O3. The van der Waals surface area contributed by atoms with E-state index in [2.05, 4.69) is 30.6 Å². The summed E-state index contributed by atoms with van der Waals surface area (Å²) >= 11 is 0. The molecule has 1 N–H and O–H groups in total. The highest BCUT2D eigenvalue weighted by atomic mass is 16.5. The zero-order chi connectivity index (χ0) is 15.8. The number of hydrogen-bond donors (Lipinski definition) is 1. The van der Waals surface area contributed by atoms with E-state index in [1.54, 1.807) is 23.0 Å². The van der Waals surface area contributed by atoms with Gasteiger partial charge < -0.3 is 4.74 Å². The summed E-state index contributed by atoms with van der Waals surface area (Å²) < 4.78 is 6.10. The van der Waals surface area contributed by atoms with Crippen molar-refractivity contribution < 1.29 is 14.3 Å². The lowest BCUT2D eigenvalue weighted by molar-refractivity contribution is 0.111. The van der Waals surface area contributed by atoms with Gasteiger partial charge in [0.2, 0.25) is 0 Å². The number of anilines is 1. The number of hydrogen-bond acceptors (Lipinski definition) is 7. The van der Waals surface area contributed by atoms with Crippen molar-refractivity contribution in [2.24, 2.45) is 0 Å². The molecule has 0 aromatic carbocycles. The molecule has 116 valence electrons. The van der Waals surface area contributed by atoms with Crippen molar-refractivity contribution in [1.82, 2.24) is 25.2 Å². The SMILES string of the molecule is COC(=O)Nc1ccc(CCCCn2cc(C=O)nn2)nn1. The molecule has 9 nitrogen and oxygen atoms in total. The average molecular weight is 304 g/mol. The topological polar surface area (TPSA) is 112 Å². The Labute approximate surface area is 126 Å². The maximum atomic E-state index is 11.0. The second kappa shape index (κ2) is 7.81. The molecular weight excluding hydrogens is 288 g/mol. The van der Waals surface area contributed by atoms with Gasteiger partial charge >= 0.3 is 6.09 Å². The first-order valence-electron chi connectivity index (χ1n) is 6.74. The second-order valence-corrected chi connectivity index (χ2v) is 4.51. The largest absolute Gasteiger partial charge is 0.453 e. The summed E-state index contributed by atoms with van der Waals surface area (Å²) in [6.07, 6.45) is 4.24. The van der Waals surface area contributed by atoms with Crippen molar-refractivity contribution in [2.45, 2.75) is 25.8 Å². The third-order valence-electron chi connectivity index (χ3n) is 2.88. The Hall–Kier alpha value is -2.84. The number of aromatic nitrogens is 5. The number of nitrogens with zero attached hydrogens (tertiary/aromatic N) is 5. The molecule has 1 amide bonds. The fourth-order valence-electron chi connectivity index (χ4n) is 1.77. The van der Waals surface area contributed by atoms with Crippen LogP contribution in [0.25, 0.3) is 0 Å². The minimum atomic E-state index is -0.579. The van der Waals surface area contributed by atoms with Gasteiger partial charge in [-0.2, -0.15) is 5.10 Å². The molecule has 0 bridgehead atoms. The van der Waals surface area contributed by atoms with Crippen molar-refractivity contribution >= 4 is 18.2 Å². The van der Waals surface area contributed by atoms with Gasteiger partial charge in [0.1, 0.15) is 5.69 Å². The Morgan fingerprint density at radius 1 is 1.32 bits per heavy atom. The van der Waals surface area contributed by atoms with Crippen molar-refractivity contribution in [3.63, 3.8) is 0 Å². The Morgan fingerprint density at radius 3 is 2.82 bits per heavy atom. The highest BCUT2D eigenvalue weighted by Crippen LogP contribution is 2.06. The normalized spacial score (nSPS) is 10.2. The lowest BCUT2D eigenvalue weighted by Crippen LogP contribution is -2.12. The summed E-state index contributed by atoms with van der Waals surface area (Å²) in [4.78, 5) is 21.5. The molecule has 0 aliphatic heterocycles. The van der Waals surface area contributed by atoms with Gasteiger partial charge in [-0.1, -0.05) is 5.21 Å². The van der Waals surface area contributed by atoms with E-state index in [-0.39, 0.29) is 0 Å². The van der Waals surface area contributed by atoms with Crippen LogP contribution in [0.2, 0.25) is 0 Å². The predicted octanol–water partition coefficient (Wildman–Crippen LogP) is 1.08. The summed E-state index contributed by atoms with van der Waals surface area (Å²) in [5.41, 5.74) is 1.17. The summed E-state index contributed by atoms with van der Waals surface area (Å²) in [5.74, 6) is 0.347. The van der Waals surface area contributed by atoms with Gasteiger partial charge in [0.25, 0.3) is 0 Å². The van der Waals surface area contributed by atoms with E-state index in [0.29, 0.717) is 24.3 Å². The Balaban J connectivity index is 1.72. The van der Waals surface area contributed by atoms with Crippen LogP contribution in [0.3, 0.4) is 0 Å². The zero-order valence-electron chi connectivity index (χ0n) is 12.1. The quantitative estimate of drug-likeness (QED) is 0.601. The van der Waals surface area contributed by atoms with Crippen LogP contribution >= 0.6 is 0 Å². The summed E-state index contributed by atoms with van der Waals surface area (Å²) in [7, 11) is 1.28. The number of amides is 1. The minimum absolute atomic E-state index is 0.333.